The van der Waals surface area contributed by atoms with Crippen LogP contribution in [-0.2, 0) is 5.41 Å². The fourth-order valence-electron chi connectivity index (χ4n) is 8.62. The molecule has 0 aliphatic heterocycles. The first-order valence-electron chi connectivity index (χ1n) is 16.6. The molecule has 4 atom stereocenters. The van der Waals surface area contributed by atoms with E-state index in [1.807, 2.05) is 0 Å². The minimum atomic E-state index is -0.909. The number of hydrogen-bond donors (Lipinski definition) is 2. The van der Waals surface area contributed by atoms with Crippen LogP contribution in [-0.4, -0.2) is 10.2 Å². The molecule has 2 N–H and O–H groups in total. The SMILES string of the molecule is Cc1cc(C2CCCCC2C)c(O)c(C(c2ccccc2)(c2ccccc2)c2cc(C)cc(C3CCCCC3C)c2O)c1. The first-order valence-corrected chi connectivity index (χ1v) is 16.6. The fraction of sp³-hybridized carbons (Fsp3) is 0.415. The molecule has 2 saturated carbocycles. The highest BCUT2D eigenvalue weighted by atomic mass is 16.3. The molecule has 2 nitrogen and oxygen atoms in total. The molecule has 0 spiro atoms. The number of phenols is 2. The third-order valence-corrected chi connectivity index (χ3v) is 10.8. The van der Waals surface area contributed by atoms with Crippen LogP contribution in [0.15, 0.2) is 84.9 Å². The minimum absolute atomic E-state index is 0.321. The summed E-state index contributed by atoms with van der Waals surface area (Å²) in [6.07, 6.45) is 9.49. The van der Waals surface area contributed by atoms with E-state index < -0.39 is 5.41 Å². The molecule has 2 aliphatic carbocycles. The molecule has 0 aromatic heterocycles. The Morgan fingerprint density at radius 2 is 0.907 bits per heavy atom. The van der Waals surface area contributed by atoms with E-state index in [1.54, 1.807) is 0 Å². The van der Waals surface area contributed by atoms with E-state index in [-0.39, 0.29) is 0 Å². The van der Waals surface area contributed by atoms with Crippen LogP contribution in [0.2, 0.25) is 0 Å². The predicted molar refractivity (Wildman–Crippen MR) is 178 cm³/mol. The van der Waals surface area contributed by atoms with Crippen LogP contribution < -0.4 is 0 Å². The van der Waals surface area contributed by atoms with Crippen molar-refractivity contribution >= 4 is 0 Å². The molecule has 0 heterocycles. The predicted octanol–water partition coefficient (Wildman–Crippen LogP) is 10.7. The second-order valence-corrected chi connectivity index (χ2v) is 13.7. The average molecular weight is 573 g/mol. The molecule has 0 amide bonds. The number of rotatable bonds is 6. The van der Waals surface area contributed by atoms with Gasteiger partial charge in [0.1, 0.15) is 11.5 Å². The lowest BCUT2D eigenvalue weighted by atomic mass is 9.62. The molecule has 4 aromatic carbocycles. The summed E-state index contributed by atoms with van der Waals surface area (Å²) in [5.41, 5.74) is 7.33. The van der Waals surface area contributed by atoms with E-state index >= 15 is 0 Å². The second kappa shape index (κ2) is 12.2. The first kappa shape index (κ1) is 29.5. The first-order chi connectivity index (χ1) is 20.8. The minimum Gasteiger partial charge on any atom is -0.507 e. The van der Waals surface area contributed by atoms with Crippen molar-refractivity contribution in [2.24, 2.45) is 11.8 Å². The van der Waals surface area contributed by atoms with Crippen LogP contribution >= 0.6 is 0 Å². The lowest BCUT2D eigenvalue weighted by molar-refractivity contribution is 0.319. The summed E-state index contributed by atoms with van der Waals surface area (Å²) in [6.45, 7) is 9.01. The van der Waals surface area contributed by atoms with Crippen LogP contribution in [0.5, 0.6) is 11.5 Å². The maximum Gasteiger partial charge on any atom is 0.123 e. The molecule has 224 valence electrons. The van der Waals surface area contributed by atoms with Crippen molar-refractivity contribution in [2.75, 3.05) is 0 Å². The zero-order chi connectivity index (χ0) is 30.1. The van der Waals surface area contributed by atoms with Crippen molar-refractivity contribution in [1.29, 1.82) is 0 Å². The number of aryl methyl sites for hydroxylation is 2. The van der Waals surface area contributed by atoms with Gasteiger partial charge in [-0.25, -0.2) is 0 Å². The number of hydrogen-bond acceptors (Lipinski definition) is 2. The molecule has 43 heavy (non-hydrogen) atoms. The molecule has 2 fully saturated rings. The van der Waals surface area contributed by atoms with Gasteiger partial charge in [-0.05, 0) is 72.6 Å². The van der Waals surface area contributed by atoms with Gasteiger partial charge in [-0.1, -0.05) is 148 Å². The van der Waals surface area contributed by atoms with E-state index in [4.69, 9.17) is 0 Å². The lowest BCUT2D eigenvalue weighted by Gasteiger charge is -2.40. The van der Waals surface area contributed by atoms with Crippen molar-refractivity contribution in [2.45, 2.75) is 96.3 Å². The Morgan fingerprint density at radius 1 is 0.535 bits per heavy atom. The number of aromatic hydroxyl groups is 2. The Hall–Kier alpha value is -3.52. The van der Waals surface area contributed by atoms with Gasteiger partial charge in [0.15, 0.2) is 0 Å². The van der Waals surface area contributed by atoms with Crippen molar-refractivity contribution in [1.82, 2.24) is 0 Å². The maximum absolute atomic E-state index is 12.5. The van der Waals surface area contributed by atoms with Crippen molar-refractivity contribution in [3.05, 3.63) is 129 Å². The van der Waals surface area contributed by atoms with E-state index in [1.165, 1.54) is 38.5 Å². The standard InChI is InChI=1S/C41H48O2/c1-27-23-35(33-21-13-11-15-29(33)3)39(42)37(25-27)41(31-17-7-5-8-18-31,32-19-9-6-10-20-32)38-26-28(2)24-36(40(38)43)34-22-14-12-16-30(34)4/h5-10,17-20,23-26,29-30,33-34,42-43H,11-16,21-22H2,1-4H3. The molecular formula is C41H48O2. The Morgan fingerprint density at radius 3 is 1.28 bits per heavy atom. The van der Waals surface area contributed by atoms with Crippen molar-refractivity contribution in [3.63, 3.8) is 0 Å². The third-order valence-electron chi connectivity index (χ3n) is 10.8. The summed E-state index contributed by atoms with van der Waals surface area (Å²) < 4.78 is 0. The normalized spacial score (nSPS) is 22.8. The van der Waals surface area contributed by atoms with E-state index in [9.17, 15) is 10.2 Å². The molecule has 0 radical (unpaired) electrons. The Balaban J connectivity index is 1.72. The van der Waals surface area contributed by atoms with E-state index in [0.717, 1.165) is 57.3 Å². The summed E-state index contributed by atoms with van der Waals surface area (Å²) >= 11 is 0. The van der Waals surface area contributed by atoms with Crippen LogP contribution in [0, 0.1) is 25.7 Å². The van der Waals surface area contributed by atoms with Gasteiger partial charge in [-0.3, -0.25) is 0 Å². The van der Waals surface area contributed by atoms with Crippen LogP contribution in [0.25, 0.3) is 0 Å². The molecule has 2 aliphatic rings. The van der Waals surface area contributed by atoms with Crippen LogP contribution in [0.4, 0.5) is 0 Å². The van der Waals surface area contributed by atoms with Gasteiger partial charge < -0.3 is 10.2 Å². The van der Waals surface area contributed by atoms with Crippen molar-refractivity contribution < 1.29 is 10.2 Å². The van der Waals surface area contributed by atoms with Gasteiger partial charge >= 0.3 is 0 Å². The monoisotopic (exact) mass is 572 g/mol. The lowest BCUT2D eigenvalue weighted by Crippen LogP contribution is -2.32. The van der Waals surface area contributed by atoms with Gasteiger partial charge in [0, 0.05) is 11.1 Å². The number of benzene rings is 4. The highest BCUT2D eigenvalue weighted by Gasteiger charge is 2.44. The Kier molecular flexibility index (Phi) is 8.40. The zero-order valence-electron chi connectivity index (χ0n) is 26.4. The van der Waals surface area contributed by atoms with Gasteiger partial charge in [0.2, 0.25) is 0 Å². The van der Waals surface area contributed by atoms with Crippen LogP contribution in [0.1, 0.15) is 122 Å². The fourth-order valence-corrected chi connectivity index (χ4v) is 8.62. The molecule has 4 unspecified atom stereocenters. The average Bonchev–Trinajstić information content (AvgIpc) is 3.02. The summed E-state index contributed by atoms with van der Waals surface area (Å²) in [6, 6.07) is 29.9. The van der Waals surface area contributed by atoms with Gasteiger partial charge in [0.05, 0.1) is 5.41 Å². The van der Waals surface area contributed by atoms with Gasteiger partial charge in [0.25, 0.3) is 0 Å². The maximum atomic E-state index is 12.5. The summed E-state index contributed by atoms with van der Waals surface area (Å²) in [5.74, 6) is 2.44. The zero-order valence-corrected chi connectivity index (χ0v) is 26.4. The molecule has 0 bridgehead atoms. The highest BCUT2D eigenvalue weighted by molar-refractivity contribution is 5.69. The van der Waals surface area contributed by atoms with E-state index in [0.29, 0.717) is 35.2 Å². The molecule has 4 aromatic rings. The van der Waals surface area contributed by atoms with Gasteiger partial charge in [-0.2, -0.15) is 0 Å². The molecular weight excluding hydrogens is 524 g/mol. The highest BCUT2D eigenvalue weighted by Crippen LogP contribution is 2.55. The molecule has 2 heteroatoms. The third kappa shape index (κ3) is 5.28. The van der Waals surface area contributed by atoms with Crippen LogP contribution in [0.3, 0.4) is 0 Å². The smallest absolute Gasteiger partial charge is 0.123 e. The topological polar surface area (TPSA) is 40.5 Å². The summed E-state index contributed by atoms with van der Waals surface area (Å²) in [5, 5.41) is 25.1. The Bertz CT molecular complexity index is 1440. The summed E-state index contributed by atoms with van der Waals surface area (Å²) in [7, 11) is 0. The van der Waals surface area contributed by atoms with Crippen molar-refractivity contribution in [3.8, 4) is 11.5 Å². The molecule has 6 rings (SSSR count). The van der Waals surface area contributed by atoms with E-state index in [2.05, 4.69) is 113 Å². The molecule has 0 saturated heterocycles. The Labute approximate surface area is 258 Å². The summed E-state index contributed by atoms with van der Waals surface area (Å²) in [4.78, 5) is 0. The second-order valence-electron chi connectivity index (χ2n) is 13.7. The largest absolute Gasteiger partial charge is 0.507 e. The quantitative estimate of drug-likeness (QED) is 0.226. The van der Waals surface area contributed by atoms with Gasteiger partial charge in [-0.15, -0.1) is 0 Å². The number of phenolic OH excluding ortho intramolecular Hbond substituents is 2.